The second kappa shape index (κ2) is 19.6. The first-order valence-electron chi connectivity index (χ1n) is 28.8. The van der Waals surface area contributed by atoms with Gasteiger partial charge in [-0.2, -0.15) is 9.97 Å². The van der Waals surface area contributed by atoms with Gasteiger partial charge in [-0.1, -0.05) is 243 Å². The maximum Gasteiger partial charge on any atom is 0.238 e. The molecule has 0 saturated carbocycles. The zero-order valence-electron chi connectivity index (χ0n) is 45.9. The van der Waals surface area contributed by atoms with Crippen LogP contribution in [0.5, 0.6) is 0 Å². The molecular weight excluding hydrogens is 1030 g/mol. The molecule has 14 aromatic carbocycles. The molecule has 0 fully saturated rings. The second-order valence-electron chi connectivity index (χ2n) is 21.8. The Kier molecular flexibility index (Phi) is 11.1. The number of nitrogens with zero attached hydrogens (tertiary/aromatic N) is 5. The van der Waals surface area contributed by atoms with E-state index in [9.17, 15) is 0 Å². The van der Waals surface area contributed by atoms with Crippen LogP contribution in [0.15, 0.2) is 302 Å². The largest absolute Gasteiger partial charge is 0.454 e. The quantitative estimate of drug-likeness (QED) is 0.135. The van der Waals surface area contributed by atoms with Gasteiger partial charge in [0.1, 0.15) is 11.1 Å². The molecule has 0 spiro atoms. The van der Waals surface area contributed by atoms with Crippen LogP contribution >= 0.6 is 0 Å². The van der Waals surface area contributed by atoms with Crippen LogP contribution in [0.4, 0.5) is 17.1 Å². The molecule has 0 aliphatic rings. The second-order valence-corrected chi connectivity index (χ2v) is 21.8. The Morgan fingerprint density at radius 2 is 0.776 bits per heavy atom. The molecule has 3 aromatic heterocycles. The fourth-order valence-corrected chi connectivity index (χ4v) is 13.1. The molecule has 0 aliphatic carbocycles. The van der Waals surface area contributed by atoms with E-state index >= 15 is 0 Å². The topological polar surface area (TPSA) is 60.0 Å². The van der Waals surface area contributed by atoms with Crippen molar-refractivity contribution >= 4 is 104 Å². The van der Waals surface area contributed by atoms with Crippen molar-refractivity contribution in [3.05, 3.63) is 297 Å². The number of furan rings is 1. The highest BCUT2D eigenvalue weighted by atomic mass is 16.3. The van der Waals surface area contributed by atoms with Crippen molar-refractivity contribution in [1.29, 1.82) is 0 Å². The fourth-order valence-electron chi connectivity index (χ4n) is 13.1. The molecule has 0 saturated heterocycles. The number of rotatable bonds is 9. The SMILES string of the molecule is c1ccc(-c2ccc(N(c3cccc(-c4ccc5c(c4)c4c6ccccc6c6c7cc8c9ccccc9c9ccccc9c8cc7oc6c4n5-c4nc(-c5ccccc5)nc(-c5ccccc5)n4)c3)c3ccccc3-c3ccccc3)cc2)cc1. The monoisotopic (exact) mass is 1080 g/mol. The van der Waals surface area contributed by atoms with Crippen LogP contribution in [0, 0.1) is 0 Å². The smallest absolute Gasteiger partial charge is 0.238 e. The van der Waals surface area contributed by atoms with Crippen LogP contribution in [-0.2, 0) is 0 Å². The summed E-state index contributed by atoms with van der Waals surface area (Å²) in [5.74, 6) is 1.65. The van der Waals surface area contributed by atoms with Gasteiger partial charge in [0.2, 0.25) is 5.95 Å². The van der Waals surface area contributed by atoms with E-state index < -0.39 is 0 Å². The normalized spacial score (nSPS) is 11.8. The summed E-state index contributed by atoms with van der Waals surface area (Å²) in [6, 6.07) is 106. The zero-order valence-corrected chi connectivity index (χ0v) is 45.9. The number of aromatic nitrogens is 4. The molecule has 0 bridgehead atoms. The van der Waals surface area contributed by atoms with E-state index in [4.69, 9.17) is 19.4 Å². The van der Waals surface area contributed by atoms with Gasteiger partial charge in [0.05, 0.1) is 11.2 Å². The van der Waals surface area contributed by atoms with Crippen molar-refractivity contribution < 1.29 is 4.42 Å². The van der Waals surface area contributed by atoms with Gasteiger partial charge in [-0.3, -0.25) is 4.57 Å². The molecule has 396 valence electrons. The molecule has 0 unspecified atom stereocenters. The highest BCUT2D eigenvalue weighted by molar-refractivity contribution is 6.37. The van der Waals surface area contributed by atoms with Crippen molar-refractivity contribution in [3.8, 4) is 62.1 Å². The number of fused-ring (bicyclic) bond motifs is 16. The van der Waals surface area contributed by atoms with Crippen LogP contribution < -0.4 is 4.90 Å². The van der Waals surface area contributed by atoms with E-state index in [0.29, 0.717) is 17.6 Å². The lowest BCUT2D eigenvalue weighted by Gasteiger charge is -2.28. The first kappa shape index (κ1) is 48.3. The lowest BCUT2D eigenvalue weighted by Crippen LogP contribution is -2.11. The van der Waals surface area contributed by atoms with Crippen molar-refractivity contribution in [1.82, 2.24) is 19.5 Å². The van der Waals surface area contributed by atoms with Crippen LogP contribution in [-0.4, -0.2) is 19.5 Å². The molecule has 0 amide bonds. The lowest BCUT2D eigenvalue weighted by molar-refractivity contribution is 0.671. The van der Waals surface area contributed by atoms with Crippen molar-refractivity contribution in [2.75, 3.05) is 4.90 Å². The Labute approximate surface area is 489 Å². The van der Waals surface area contributed by atoms with Crippen LogP contribution in [0.3, 0.4) is 0 Å². The minimum Gasteiger partial charge on any atom is -0.454 e. The molecule has 0 radical (unpaired) electrons. The molecule has 0 N–H and O–H groups in total. The predicted octanol–water partition coefficient (Wildman–Crippen LogP) is 21.3. The van der Waals surface area contributed by atoms with E-state index in [1.54, 1.807) is 0 Å². The first-order valence-corrected chi connectivity index (χ1v) is 28.8. The van der Waals surface area contributed by atoms with Crippen LogP contribution in [0.25, 0.3) is 149 Å². The highest BCUT2D eigenvalue weighted by Crippen LogP contribution is 2.49. The van der Waals surface area contributed by atoms with Gasteiger partial charge in [-0.05, 0) is 126 Å². The minimum atomic E-state index is 0.493. The Morgan fingerprint density at radius 3 is 1.41 bits per heavy atom. The van der Waals surface area contributed by atoms with Crippen molar-refractivity contribution in [2.24, 2.45) is 0 Å². The van der Waals surface area contributed by atoms with Gasteiger partial charge < -0.3 is 9.32 Å². The third-order valence-corrected chi connectivity index (χ3v) is 17.0. The Hall–Kier alpha value is -11.5. The van der Waals surface area contributed by atoms with Gasteiger partial charge in [0.15, 0.2) is 17.2 Å². The molecule has 17 rings (SSSR count). The molecule has 6 nitrogen and oxygen atoms in total. The summed E-state index contributed by atoms with van der Waals surface area (Å²) in [4.78, 5) is 18.4. The van der Waals surface area contributed by atoms with Gasteiger partial charge in [0, 0.05) is 49.6 Å². The average Bonchev–Trinajstić information content (AvgIpc) is 1.80. The predicted molar refractivity (Wildman–Crippen MR) is 353 cm³/mol. The fraction of sp³-hybridized carbons (Fsp3) is 0. The summed E-state index contributed by atoms with van der Waals surface area (Å²) in [7, 11) is 0. The van der Waals surface area contributed by atoms with E-state index in [1.807, 2.05) is 36.4 Å². The van der Waals surface area contributed by atoms with E-state index in [2.05, 4.69) is 270 Å². The highest BCUT2D eigenvalue weighted by Gasteiger charge is 2.27. The maximum absolute atomic E-state index is 7.48. The van der Waals surface area contributed by atoms with E-state index in [0.717, 1.165) is 116 Å². The van der Waals surface area contributed by atoms with Gasteiger partial charge >= 0.3 is 0 Å². The summed E-state index contributed by atoms with van der Waals surface area (Å²) in [5.41, 5.74) is 15.1. The van der Waals surface area contributed by atoms with Crippen LogP contribution in [0.2, 0.25) is 0 Å². The number of hydrogen-bond acceptors (Lipinski definition) is 5. The van der Waals surface area contributed by atoms with E-state index in [1.165, 1.54) is 32.5 Å². The summed E-state index contributed by atoms with van der Waals surface area (Å²) in [5, 5.41) is 13.6. The third-order valence-electron chi connectivity index (χ3n) is 17.0. The number of benzene rings is 14. The lowest BCUT2D eigenvalue weighted by atomic mass is 9.92. The minimum absolute atomic E-state index is 0.493. The Bertz CT molecular complexity index is 5410. The molecule has 6 heteroatoms. The first-order chi connectivity index (χ1) is 42.2. The number of para-hydroxylation sites is 1. The van der Waals surface area contributed by atoms with Gasteiger partial charge in [0.25, 0.3) is 0 Å². The number of anilines is 3. The molecular formula is C79H49N5O. The van der Waals surface area contributed by atoms with Crippen molar-refractivity contribution in [2.45, 2.75) is 0 Å². The third kappa shape index (κ3) is 7.91. The maximum atomic E-state index is 7.48. The average molecular weight is 1080 g/mol. The Balaban J connectivity index is 0.938. The van der Waals surface area contributed by atoms with E-state index in [-0.39, 0.29) is 0 Å². The van der Waals surface area contributed by atoms with Crippen molar-refractivity contribution in [3.63, 3.8) is 0 Å². The number of hydrogen-bond donors (Lipinski definition) is 0. The van der Waals surface area contributed by atoms with Gasteiger partial charge in [-0.25, -0.2) is 4.98 Å². The molecule has 0 aliphatic heterocycles. The summed E-state index contributed by atoms with van der Waals surface area (Å²) in [6.07, 6.45) is 0. The zero-order chi connectivity index (χ0) is 56.0. The molecule has 3 heterocycles. The molecule has 85 heavy (non-hydrogen) atoms. The summed E-state index contributed by atoms with van der Waals surface area (Å²) >= 11 is 0. The summed E-state index contributed by atoms with van der Waals surface area (Å²) in [6.45, 7) is 0. The summed E-state index contributed by atoms with van der Waals surface area (Å²) < 4.78 is 9.71. The standard InChI is InChI=1S/C79H49N5O/c1-5-22-50(23-6-1)51-40-43-57(44-41-51)83(70-39-20-19-32-59(70)52-24-7-2-8-25-52)58-31-21-30-55(46-58)56-42-45-71-68(47-56)73-64-37-17-18-38-65(64)74-69-48-66-62-35-15-13-33-60(62)61-34-14-16-36-63(61)67(66)49-72(69)85-76(74)75(73)84(71)79-81-77(53-26-9-3-10-27-53)80-78(82-79)54-28-11-4-12-29-54/h1-49H. The van der Waals surface area contributed by atoms with Crippen LogP contribution in [0.1, 0.15) is 0 Å². The Morgan fingerprint density at radius 1 is 0.294 bits per heavy atom. The van der Waals surface area contributed by atoms with Gasteiger partial charge in [-0.15, -0.1) is 0 Å². The molecule has 0 atom stereocenters. The molecule has 17 aromatic rings.